The van der Waals surface area contributed by atoms with Gasteiger partial charge in [-0.25, -0.2) is 4.98 Å². The van der Waals surface area contributed by atoms with Gasteiger partial charge in [0.25, 0.3) is 0 Å². The third-order valence-corrected chi connectivity index (χ3v) is 5.51. The second-order valence-electron chi connectivity index (χ2n) is 6.97. The first-order valence-corrected chi connectivity index (χ1v) is 9.81. The Morgan fingerprint density at radius 3 is 2.62 bits per heavy atom. The molecule has 1 aliphatic heterocycles. The Morgan fingerprint density at radius 2 is 1.97 bits per heavy atom. The molecule has 1 saturated heterocycles. The van der Waals surface area contributed by atoms with Gasteiger partial charge in [0.05, 0.1) is 24.0 Å². The Labute approximate surface area is 174 Å². The highest BCUT2D eigenvalue weighted by molar-refractivity contribution is 6.33. The van der Waals surface area contributed by atoms with E-state index in [1.165, 1.54) is 0 Å². The maximum atomic E-state index is 11.7. The molecule has 8 nitrogen and oxygen atoms in total. The summed E-state index contributed by atoms with van der Waals surface area (Å²) in [4.78, 5) is 20.5. The molecule has 0 unspecified atom stereocenters. The van der Waals surface area contributed by atoms with Crippen LogP contribution in [0.15, 0.2) is 30.5 Å². The van der Waals surface area contributed by atoms with Crippen LogP contribution in [0.4, 0.5) is 17.3 Å². The van der Waals surface area contributed by atoms with Crippen molar-refractivity contribution in [3.63, 3.8) is 0 Å². The van der Waals surface area contributed by atoms with Crippen molar-refractivity contribution in [1.82, 2.24) is 19.5 Å². The van der Waals surface area contributed by atoms with Crippen LogP contribution in [-0.2, 0) is 4.79 Å². The Balaban J connectivity index is 1.70. The van der Waals surface area contributed by atoms with E-state index in [9.17, 15) is 4.79 Å². The number of methoxy groups -OCH3 is 1. The lowest BCUT2D eigenvalue weighted by molar-refractivity contribution is -0.129. The quantitative estimate of drug-likeness (QED) is 0.707. The summed E-state index contributed by atoms with van der Waals surface area (Å²) in [7, 11) is 1.61. The third kappa shape index (κ3) is 3.67. The average molecular weight is 415 g/mol. The Morgan fingerprint density at radius 1 is 1.21 bits per heavy atom. The predicted octanol–water partition coefficient (Wildman–Crippen LogP) is 3.11. The number of nitrogens with one attached hydrogen (secondary N) is 1. The van der Waals surface area contributed by atoms with Crippen molar-refractivity contribution in [3.05, 3.63) is 41.0 Å². The van der Waals surface area contributed by atoms with Crippen LogP contribution in [0.25, 0.3) is 5.65 Å². The zero-order valence-electron chi connectivity index (χ0n) is 16.6. The minimum absolute atomic E-state index is 0.108. The first-order chi connectivity index (χ1) is 14.0. The molecule has 0 radical (unpaired) electrons. The molecule has 3 heterocycles. The minimum atomic E-state index is 0.108. The van der Waals surface area contributed by atoms with E-state index >= 15 is 0 Å². The highest BCUT2D eigenvalue weighted by atomic mass is 35.5. The molecule has 2 aromatic heterocycles. The van der Waals surface area contributed by atoms with Gasteiger partial charge >= 0.3 is 0 Å². The molecule has 29 heavy (non-hydrogen) atoms. The number of carbonyl (C=O) groups is 1. The summed E-state index contributed by atoms with van der Waals surface area (Å²) in [5, 5.41) is 8.36. The zero-order chi connectivity index (χ0) is 20.5. The van der Waals surface area contributed by atoms with E-state index < -0.39 is 0 Å². The van der Waals surface area contributed by atoms with E-state index in [0.29, 0.717) is 29.7 Å². The first-order valence-electron chi connectivity index (χ1n) is 9.43. The Kier molecular flexibility index (Phi) is 5.19. The largest absolute Gasteiger partial charge is 0.497 e. The molecule has 4 rings (SSSR count). The number of benzene rings is 1. The fourth-order valence-corrected chi connectivity index (χ4v) is 3.80. The molecule has 0 bridgehead atoms. The molecule has 1 N–H and O–H groups in total. The summed E-state index contributed by atoms with van der Waals surface area (Å²) < 4.78 is 7.07. The van der Waals surface area contributed by atoms with Crippen molar-refractivity contribution in [1.29, 1.82) is 0 Å². The molecule has 152 valence electrons. The number of fused-ring (bicyclic) bond motifs is 1. The number of carbonyl (C=O) groups excluding carboxylic acids is 1. The summed E-state index contributed by atoms with van der Waals surface area (Å²) in [6.07, 6.45) is 1.74. The van der Waals surface area contributed by atoms with Gasteiger partial charge < -0.3 is 19.9 Å². The molecule has 1 fully saturated rings. The van der Waals surface area contributed by atoms with Crippen LogP contribution >= 0.6 is 11.6 Å². The van der Waals surface area contributed by atoms with Crippen molar-refractivity contribution >= 4 is 40.5 Å². The van der Waals surface area contributed by atoms with E-state index in [-0.39, 0.29) is 5.91 Å². The number of hydrogen-bond donors (Lipinski definition) is 1. The van der Waals surface area contributed by atoms with Crippen LogP contribution in [0.1, 0.15) is 12.5 Å². The first kappa shape index (κ1) is 19.3. The molecule has 0 aliphatic carbocycles. The van der Waals surface area contributed by atoms with Gasteiger partial charge in [-0.05, 0) is 19.1 Å². The number of nitrogens with zero attached hydrogens (tertiary/aromatic N) is 5. The smallest absolute Gasteiger partial charge is 0.219 e. The van der Waals surface area contributed by atoms with Gasteiger partial charge in [-0.3, -0.25) is 4.79 Å². The maximum Gasteiger partial charge on any atom is 0.219 e. The standard InChI is InChI=1S/C20H23ClN6O2/c1-13-19(23-17-5-4-15(29-3)12-16(17)21)24-18-6-7-22-27(18)20(13)26-10-8-25(9-11-26)14(2)28/h4-7,12H,8-11H2,1-3H3,(H,23,24). The van der Waals surface area contributed by atoms with Crippen LogP contribution < -0.4 is 15.0 Å². The molecular formula is C20H23ClN6O2. The van der Waals surface area contributed by atoms with Crippen LogP contribution in [0.3, 0.4) is 0 Å². The molecule has 0 spiro atoms. The lowest BCUT2D eigenvalue weighted by Crippen LogP contribution is -2.48. The van der Waals surface area contributed by atoms with Crippen molar-refractivity contribution in [2.75, 3.05) is 43.5 Å². The summed E-state index contributed by atoms with van der Waals surface area (Å²) in [6, 6.07) is 7.35. The van der Waals surface area contributed by atoms with Crippen LogP contribution in [0, 0.1) is 6.92 Å². The van der Waals surface area contributed by atoms with Crippen molar-refractivity contribution in [2.24, 2.45) is 0 Å². The van der Waals surface area contributed by atoms with Gasteiger partial charge in [-0.2, -0.15) is 9.61 Å². The van der Waals surface area contributed by atoms with Gasteiger partial charge in [0.15, 0.2) is 5.65 Å². The molecule has 3 aromatic rings. The fraction of sp³-hybridized carbons (Fsp3) is 0.350. The third-order valence-electron chi connectivity index (χ3n) is 5.19. The van der Waals surface area contributed by atoms with Crippen molar-refractivity contribution in [3.8, 4) is 5.75 Å². The van der Waals surface area contributed by atoms with Gasteiger partial charge in [0.1, 0.15) is 17.4 Å². The molecule has 1 aromatic carbocycles. The number of rotatable bonds is 4. The Bertz CT molecular complexity index is 1060. The summed E-state index contributed by atoms with van der Waals surface area (Å²) in [6.45, 7) is 6.48. The monoisotopic (exact) mass is 414 g/mol. The lowest BCUT2D eigenvalue weighted by Gasteiger charge is -2.36. The molecule has 0 saturated carbocycles. The molecule has 1 aliphatic rings. The molecular weight excluding hydrogens is 392 g/mol. The minimum Gasteiger partial charge on any atom is -0.497 e. The second kappa shape index (κ2) is 7.79. The van der Waals surface area contributed by atoms with Gasteiger partial charge in [0.2, 0.25) is 5.91 Å². The lowest BCUT2D eigenvalue weighted by atomic mass is 10.2. The van der Waals surface area contributed by atoms with Crippen LogP contribution in [0.2, 0.25) is 5.02 Å². The highest BCUT2D eigenvalue weighted by Crippen LogP contribution is 2.33. The number of halogens is 1. The fourth-order valence-electron chi connectivity index (χ4n) is 3.59. The zero-order valence-corrected chi connectivity index (χ0v) is 17.4. The topological polar surface area (TPSA) is 75.0 Å². The molecule has 1 amide bonds. The van der Waals surface area contributed by atoms with E-state index in [4.69, 9.17) is 21.3 Å². The number of ether oxygens (including phenoxy) is 1. The summed E-state index contributed by atoms with van der Waals surface area (Å²) in [5.74, 6) is 2.49. The number of piperazine rings is 1. The summed E-state index contributed by atoms with van der Waals surface area (Å²) in [5.41, 5.74) is 2.45. The Hall–Kier alpha value is -3.00. The highest BCUT2D eigenvalue weighted by Gasteiger charge is 2.24. The van der Waals surface area contributed by atoms with Gasteiger partial charge in [-0.1, -0.05) is 11.6 Å². The predicted molar refractivity (Wildman–Crippen MR) is 113 cm³/mol. The average Bonchev–Trinajstić information content (AvgIpc) is 3.18. The SMILES string of the molecule is COc1ccc(Nc2nc3ccnn3c(N3CCN(C(C)=O)CC3)c2C)c(Cl)c1. The number of aromatic nitrogens is 3. The van der Waals surface area contributed by atoms with Gasteiger partial charge in [-0.15, -0.1) is 0 Å². The van der Waals surface area contributed by atoms with Crippen molar-refractivity contribution in [2.45, 2.75) is 13.8 Å². The van der Waals surface area contributed by atoms with Gasteiger partial charge in [0, 0.05) is 50.8 Å². The van der Waals surface area contributed by atoms with Crippen LogP contribution in [-0.4, -0.2) is 58.7 Å². The van der Waals surface area contributed by atoms with Crippen LogP contribution in [0.5, 0.6) is 5.75 Å². The normalized spacial score (nSPS) is 14.3. The van der Waals surface area contributed by atoms with Crippen molar-refractivity contribution < 1.29 is 9.53 Å². The molecule has 0 atom stereocenters. The maximum absolute atomic E-state index is 11.7. The number of hydrogen-bond acceptors (Lipinski definition) is 6. The number of anilines is 3. The molecule has 9 heteroatoms. The van der Waals surface area contributed by atoms with E-state index in [1.807, 2.05) is 34.5 Å². The van der Waals surface area contributed by atoms with E-state index in [0.717, 1.165) is 35.8 Å². The second-order valence-corrected chi connectivity index (χ2v) is 7.38. The summed E-state index contributed by atoms with van der Waals surface area (Å²) >= 11 is 6.41. The van der Waals surface area contributed by atoms with E-state index in [2.05, 4.69) is 15.3 Å². The van der Waals surface area contributed by atoms with E-state index in [1.54, 1.807) is 26.3 Å². The number of amides is 1.